The van der Waals surface area contributed by atoms with Crippen molar-refractivity contribution in [2.24, 2.45) is 0 Å². The Hall–Kier alpha value is -2.18. The second-order valence-electron chi connectivity index (χ2n) is 5.47. The summed E-state index contributed by atoms with van der Waals surface area (Å²) in [5.74, 6) is 0. The SMILES string of the molecule is CC.Cc1nc2c(N3CCOCC3)ccnn2c1-c1ccc(Cl)nc1. The van der Waals surface area contributed by atoms with Crippen LogP contribution in [0.15, 0.2) is 30.6 Å². The number of morpholine rings is 1. The number of halogens is 1. The number of hydrogen-bond donors (Lipinski definition) is 0. The summed E-state index contributed by atoms with van der Waals surface area (Å²) in [5, 5.41) is 4.97. The van der Waals surface area contributed by atoms with Crippen LogP contribution >= 0.6 is 11.6 Å². The summed E-state index contributed by atoms with van der Waals surface area (Å²) in [4.78, 5) is 11.2. The maximum Gasteiger partial charge on any atom is 0.178 e. The zero-order valence-corrected chi connectivity index (χ0v) is 15.5. The van der Waals surface area contributed by atoms with Crippen molar-refractivity contribution < 1.29 is 4.74 Å². The Morgan fingerprint density at radius 2 is 1.88 bits per heavy atom. The molecule has 0 aliphatic carbocycles. The third-order valence-electron chi connectivity index (χ3n) is 4.02. The van der Waals surface area contributed by atoms with Gasteiger partial charge in [-0.3, -0.25) is 0 Å². The summed E-state index contributed by atoms with van der Waals surface area (Å²) in [6.07, 6.45) is 3.56. The number of fused-ring (bicyclic) bond motifs is 1. The van der Waals surface area contributed by atoms with Crippen LogP contribution in [0.5, 0.6) is 0 Å². The molecule has 0 aromatic carbocycles. The normalized spacial score (nSPS) is 14.3. The summed E-state index contributed by atoms with van der Waals surface area (Å²) in [6, 6.07) is 5.73. The smallest absolute Gasteiger partial charge is 0.178 e. The summed E-state index contributed by atoms with van der Waals surface area (Å²) in [5.41, 5.74) is 4.75. The zero-order chi connectivity index (χ0) is 17.8. The van der Waals surface area contributed by atoms with Crippen LogP contribution in [0, 0.1) is 6.92 Å². The van der Waals surface area contributed by atoms with Gasteiger partial charge in [0.15, 0.2) is 5.65 Å². The minimum absolute atomic E-state index is 0.474. The van der Waals surface area contributed by atoms with Gasteiger partial charge in [0.1, 0.15) is 5.15 Å². The molecule has 7 heteroatoms. The van der Waals surface area contributed by atoms with Crippen molar-refractivity contribution in [1.82, 2.24) is 19.6 Å². The number of rotatable bonds is 2. The predicted molar refractivity (Wildman–Crippen MR) is 100 cm³/mol. The fraction of sp³-hybridized carbons (Fsp3) is 0.389. The van der Waals surface area contributed by atoms with Crippen LogP contribution in [-0.4, -0.2) is 45.9 Å². The van der Waals surface area contributed by atoms with Gasteiger partial charge in [-0.2, -0.15) is 5.10 Å². The lowest BCUT2D eigenvalue weighted by atomic mass is 10.2. The van der Waals surface area contributed by atoms with E-state index < -0.39 is 0 Å². The highest BCUT2D eigenvalue weighted by Gasteiger charge is 2.19. The third kappa shape index (κ3) is 3.45. The highest BCUT2D eigenvalue weighted by molar-refractivity contribution is 6.29. The second-order valence-corrected chi connectivity index (χ2v) is 5.85. The van der Waals surface area contributed by atoms with Crippen LogP contribution in [0.2, 0.25) is 5.15 Å². The van der Waals surface area contributed by atoms with Crippen molar-refractivity contribution >= 4 is 22.9 Å². The van der Waals surface area contributed by atoms with Gasteiger partial charge in [0, 0.05) is 24.8 Å². The Kier molecular flexibility index (Phi) is 5.50. The topological polar surface area (TPSA) is 55.5 Å². The van der Waals surface area contributed by atoms with Gasteiger partial charge in [-0.25, -0.2) is 14.5 Å². The lowest BCUT2D eigenvalue weighted by Crippen LogP contribution is -2.36. The number of nitrogens with zero attached hydrogens (tertiary/aromatic N) is 5. The molecule has 0 saturated carbocycles. The third-order valence-corrected chi connectivity index (χ3v) is 4.25. The monoisotopic (exact) mass is 359 g/mol. The van der Waals surface area contributed by atoms with E-state index in [2.05, 4.69) is 15.0 Å². The molecule has 3 aromatic heterocycles. The summed E-state index contributed by atoms with van der Waals surface area (Å²) in [7, 11) is 0. The van der Waals surface area contributed by atoms with Gasteiger partial charge in [0.2, 0.25) is 0 Å². The molecule has 0 atom stereocenters. The molecule has 0 amide bonds. The van der Waals surface area contributed by atoms with Gasteiger partial charge in [0.05, 0.1) is 36.5 Å². The maximum absolute atomic E-state index is 5.89. The standard InChI is InChI=1S/C16H16ClN5O.C2H6/c1-11-15(12-2-3-14(17)18-10-12)22-16(20-11)13(4-5-19-22)21-6-8-23-9-7-21;1-2/h2-5,10H,6-9H2,1H3;1-2H3. The Bertz CT molecular complexity index is 841. The maximum atomic E-state index is 5.89. The van der Waals surface area contributed by atoms with Crippen LogP contribution in [0.4, 0.5) is 5.69 Å². The number of hydrogen-bond acceptors (Lipinski definition) is 5. The highest BCUT2D eigenvalue weighted by atomic mass is 35.5. The van der Waals surface area contributed by atoms with Gasteiger partial charge >= 0.3 is 0 Å². The van der Waals surface area contributed by atoms with E-state index in [9.17, 15) is 0 Å². The Labute approximate surface area is 152 Å². The summed E-state index contributed by atoms with van der Waals surface area (Å²) >= 11 is 5.89. The van der Waals surface area contributed by atoms with Crippen molar-refractivity contribution in [3.05, 3.63) is 41.4 Å². The lowest BCUT2D eigenvalue weighted by Gasteiger charge is -2.28. The van der Waals surface area contributed by atoms with E-state index in [1.54, 1.807) is 12.3 Å². The number of imidazole rings is 1. The Balaban J connectivity index is 0.000000880. The molecule has 132 valence electrons. The average Bonchev–Trinajstić information content (AvgIpc) is 3.01. The van der Waals surface area contributed by atoms with Crippen molar-refractivity contribution in [2.75, 3.05) is 31.2 Å². The van der Waals surface area contributed by atoms with Gasteiger partial charge in [-0.15, -0.1) is 0 Å². The lowest BCUT2D eigenvalue weighted by molar-refractivity contribution is 0.123. The highest BCUT2D eigenvalue weighted by Crippen LogP contribution is 2.29. The van der Waals surface area contributed by atoms with Gasteiger partial charge in [0.25, 0.3) is 0 Å². The van der Waals surface area contributed by atoms with Crippen LogP contribution in [0.3, 0.4) is 0 Å². The van der Waals surface area contributed by atoms with Crippen LogP contribution in [0.25, 0.3) is 16.9 Å². The van der Waals surface area contributed by atoms with Crippen molar-refractivity contribution in [3.8, 4) is 11.3 Å². The largest absolute Gasteiger partial charge is 0.378 e. The van der Waals surface area contributed by atoms with Crippen LogP contribution < -0.4 is 4.90 Å². The molecule has 25 heavy (non-hydrogen) atoms. The molecule has 6 nitrogen and oxygen atoms in total. The van der Waals surface area contributed by atoms with E-state index in [4.69, 9.17) is 21.3 Å². The molecule has 1 aliphatic heterocycles. The minimum Gasteiger partial charge on any atom is -0.378 e. The molecule has 0 N–H and O–H groups in total. The summed E-state index contributed by atoms with van der Waals surface area (Å²) < 4.78 is 7.32. The number of pyridine rings is 1. The van der Waals surface area contributed by atoms with E-state index in [0.717, 1.165) is 54.6 Å². The average molecular weight is 360 g/mol. The predicted octanol–water partition coefficient (Wildman–Crippen LogP) is 3.62. The fourth-order valence-electron chi connectivity index (χ4n) is 2.94. The molecule has 0 unspecified atom stereocenters. The Morgan fingerprint density at radius 3 is 2.56 bits per heavy atom. The molecular weight excluding hydrogens is 338 g/mol. The summed E-state index contributed by atoms with van der Waals surface area (Å²) in [6.45, 7) is 9.19. The zero-order valence-electron chi connectivity index (χ0n) is 14.7. The number of aromatic nitrogens is 4. The van der Waals surface area contributed by atoms with Crippen molar-refractivity contribution in [2.45, 2.75) is 20.8 Å². The number of ether oxygens (including phenoxy) is 1. The second kappa shape index (κ2) is 7.80. The van der Waals surface area contributed by atoms with E-state index >= 15 is 0 Å². The van der Waals surface area contributed by atoms with E-state index in [0.29, 0.717) is 5.15 Å². The van der Waals surface area contributed by atoms with Crippen LogP contribution in [-0.2, 0) is 4.74 Å². The quantitative estimate of drug-likeness (QED) is 0.654. The first-order valence-corrected chi connectivity index (χ1v) is 8.91. The van der Waals surface area contributed by atoms with Crippen LogP contribution in [0.1, 0.15) is 19.5 Å². The first kappa shape index (κ1) is 17.6. The molecule has 4 rings (SSSR count). The molecule has 1 saturated heterocycles. The molecule has 1 fully saturated rings. The van der Waals surface area contributed by atoms with E-state index in [-0.39, 0.29) is 0 Å². The Morgan fingerprint density at radius 1 is 1.12 bits per heavy atom. The fourth-order valence-corrected chi connectivity index (χ4v) is 3.05. The molecule has 1 aliphatic rings. The van der Waals surface area contributed by atoms with E-state index in [1.807, 2.05) is 43.6 Å². The van der Waals surface area contributed by atoms with Gasteiger partial charge in [-0.05, 0) is 25.1 Å². The van der Waals surface area contributed by atoms with Gasteiger partial charge < -0.3 is 9.64 Å². The van der Waals surface area contributed by atoms with Crippen molar-refractivity contribution in [3.63, 3.8) is 0 Å². The molecule has 0 bridgehead atoms. The van der Waals surface area contributed by atoms with E-state index in [1.165, 1.54) is 0 Å². The first-order valence-electron chi connectivity index (χ1n) is 8.53. The van der Waals surface area contributed by atoms with Crippen molar-refractivity contribution in [1.29, 1.82) is 0 Å². The first-order chi connectivity index (χ1) is 12.2. The molecule has 0 radical (unpaired) electrons. The molecule has 0 spiro atoms. The minimum atomic E-state index is 0.474. The number of aryl methyl sites for hydroxylation is 1. The van der Waals surface area contributed by atoms with Gasteiger partial charge in [-0.1, -0.05) is 25.4 Å². The molecular formula is C18H22ClN5O. The molecule has 3 aromatic rings. The molecule has 4 heterocycles. The number of anilines is 1.